The van der Waals surface area contributed by atoms with Gasteiger partial charge in [0.2, 0.25) is 0 Å². The third-order valence-electron chi connectivity index (χ3n) is 2.77. The van der Waals surface area contributed by atoms with Crippen LogP contribution in [0.25, 0.3) is 6.08 Å². The highest BCUT2D eigenvalue weighted by Crippen LogP contribution is 2.16. The molecule has 2 nitrogen and oxygen atoms in total. The first kappa shape index (κ1) is 14.8. The molecule has 0 aliphatic heterocycles. The van der Waals surface area contributed by atoms with Crippen molar-refractivity contribution in [2.45, 2.75) is 33.6 Å². The van der Waals surface area contributed by atoms with Gasteiger partial charge in [-0.3, -0.25) is 0 Å². The van der Waals surface area contributed by atoms with Crippen LogP contribution in [0, 0.1) is 0 Å². The molecule has 2 heteroatoms. The van der Waals surface area contributed by atoms with Gasteiger partial charge in [-0.1, -0.05) is 37.6 Å². The van der Waals surface area contributed by atoms with Crippen molar-refractivity contribution in [3.8, 4) is 5.75 Å². The van der Waals surface area contributed by atoms with E-state index in [0.29, 0.717) is 6.61 Å². The Morgan fingerprint density at radius 1 is 1.28 bits per heavy atom. The zero-order chi connectivity index (χ0) is 13.2. The van der Waals surface area contributed by atoms with E-state index in [0.717, 1.165) is 25.3 Å². The number of hydrogen-bond donors (Lipinski definition) is 1. The predicted octanol–water partition coefficient (Wildman–Crippen LogP) is 3.88. The average Bonchev–Trinajstić information content (AvgIpc) is 2.38. The molecule has 0 atom stereocenters. The Balaban J connectivity index is 2.68. The van der Waals surface area contributed by atoms with Crippen LogP contribution in [-0.2, 0) is 0 Å². The largest absolute Gasteiger partial charge is 0.494 e. The van der Waals surface area contributed by atoms with Crippen LogP contribution in [0.1, 0.15) is 39.2 Å². The third-order valence-corrected chi connectivity index (χ3v) is 2.77. The lowest BCUT2D eigenvalue weighted by Crippen LogP contribution is -2.17. The van der Waals surface area contributed by atoms with Crippen LogP contribution >= 0.6 is 0 Å². The van der Waals surface area contributed by atoms with Crippen molar-refractivity contribution in [3.63, 3.8) is 0 Å². The monoisotopic (exact) mass is 247 g/mol. The van der Waals surface area contributed by atoms with Gasteiger partial charge < -0.3 is 10.1 Å². The first-order chi connectivity index (χ1) is 8.80. The van der Waals surface area contributed by atoms with E-state index in [9.17, 15) is 0 Å². The molecule has 1 aromatic rings. The molecule has 0 saturated carbocycles. The molecule has 18 heavy (non-hydrogen) atoms. The number of nitrogens with one attached hydrogen (secondary N) is 1. The quantitative estimate of drug-likeness (QED) is 0.704. The minimum Gasteiger partial charge on any atom is -0.494 e. The van der Waals surface area contributed by atoms with E-state index < -0.39 is 0 Å². The van der Waals surface area contributed by atoms with Crippen molar-refractivity contribution in [2.24, 2.45) is 0 Å². The number of ether oxygens (including phenoxy) is 1. The van der Waals surface area contributed by atoms with E-state index in [1.54, 1.807) is 0 Å². The van der Waals surface area contributed by atoms with Gasteiger partial charge in [-0.2, -0.15) is 0 Å². The first-order valence-electron chi connectivity index (χ1n) is 6.93. The second kappa shape index (κ2) is 8.76. The van der Waals surface area contributed by atoms with Crippen LogP contribution in [0.5, 0.6) is 5.75 Å². The summed E-state index contributed by atoms with van der Waals surface area (Å²) in [5, 5.41) is 3.45. The van der Waals surface area contributed by atoms with Crippen molar-refractivity contribution >= 4 is 6.08 Å². The minimum atomic E-state index is 0.714. The predicted molar refractivity (Wildman–Crippen MR) is 79.0 cm³/mol. The fourth-order valence-corrected chi connectivity index (χ4v) is 1.80. The summed E-state index contributed by atoms with van der Waals surface area (Å²) in [6.07, 6.45) is 4.51. The van der Waals surface area contributed by atoms with E-state index in [1.807, 2.05) is 19.1 Å². The molecular weight excluding hydrogens is 222 g/mol. The molecule has 0 spiro atoms. The van der Waals surface area contributed by atoms with Gasteiger partial charge in [-0.05, 0) is 44.0 Å². The van der Waals surface area contributed by atoms with Gasteiger partial charge in [-0.25, -0.2) is 0 Å². The van der Waals surface area contributed by atoms with Gasteiger partial charge in [0.05, 0.1) is 6.61 Å². The third kappa shape index (κ3) is 5.37. The van der Waals surface area contributed by atoms with Crippen molar-refractivity contribution < 1.29 is 4.74 Å². The SMILES string of the molecule is CCCNCC(=Cc1cccc(OCC)c1)CC. The van der Waals surface area contributed by atoms with Crippen LogP contribution in [0.15, 0.2) is 29.8 Å². The Labute approximate surface area is 111 Å². The lowest BCUT2D eigenvalue weighted by Gasteiger charge is -2.08. The molecule has 0 bridgehead atoms. The van der Waals surface area contributed by atoms with Crippen molar-refractivity contribution in [2.75, 3.05) is 19.7 Å². The highest BCUT2D eigenvalue weighted by Gasteiger charge is 1.97. The number of benzene rings is 1. The summed E-state index contributed by atoms with van der Waals surface area (Å²) in [7, 11) is 0. The lowest BCUT2D eigenvalue weighted by molar-refractivity contribution is 0.340. The number of hydrogen-bond acceptors (Lipinski definition) is 2. The summed E-state index contributed by atoms with van der Waals surface area (Å²) in [5.41, 5.74) is 2.65. The topological polar surface area (TPSA) is 21.3 Å². The van der Waals surface area contributed by atoms with Crippen LogP contribution in [0.4, 0.5) is 0 Å². The molecule has 1 N–H and O–H groups in total. The van der Waals surface area contributed by atoms with Crippen LogP contribution in [-0.4, -0.2) is 19.7 Å². The van der Waals surface area contributed by atoms with Crippen molar-refractivity contribution in [1.82, 2.24) is 5.32 Å². The normalized spacial score (nSPS) is 11.6. The zero-order valence-electron chi connectivity index (χ0n) is 11.8. The van der Waals surface area contributed by atoms with Crippen LogP contribution < -0.4 is 10.1 Å². The van der Waals surface area contributed by atoms with Gasteiger partial charge in [0.25, 0.3) is 0 Å². The molecular formula is C16H25NO. The second-order valence-corrected chi connectivity index (χ2v) is 4.34. The smallest absolute Gasteiger partial charge is 0.119 e. The maximum absolute atomic E-state index is 5.52. The van der Waals surface area contributed by atoms with E-state index in [1.165, 1.54) is 17.6 Å². The zero-order valence-corrected chi connectivity index (χ0v) is 11.8. The van der Waals surface area contributed by atoms with Crippen molar-refractivity contribution in [3.05, 3.63) is 35.4 Å². The molecule has 0 unspecified atom stereocenters. The molecule has 100 valence electrons. The Morgan fingerprint density at radius 3 is 2.78 bits per heavy atom. The summed E-state index contributed by atoms with van der Waals surface area (Å²) >= 11 is 0. The maximum Gasteiger partial charge on any atom is 0.119 e. The Bertz CT molecular complexity index is 371. The Hall–Kier alpha value is -1.28. The van der Waals surface area contributed by atoms with Gasteiger partial charge in [0.15, 0.2) is 0 Å². The summed E-state index contributed by atoms with van der Waals surface area (Å²) in [6.45, 7) is 9.17. The lowest BCUT2D eigenvalue weighted by atomic mass is 10.1. The second-order valence-electron chi connectivity index (χ2n) is 4.34. The van der Waals surface area contributed by atoms with Gasteiger partial charge >= 0.3 is 0 Å². The molecule has 0 saturated heterocycles. The summed E-state index contributed by atoms with van der Waals surface area (Å²) in [5.74, 6) is 0.947. The highest BCUT2D eigenvalue weighted by atomic mass is 16.5. The van der Waals surface area contributed by atoms with Crippen molar-refractivity contribution in [1.29, 1.82) is 0 Å². The van der Waals surface area contributed by atoms with E-state index in [4.69, 9.17) is 4.74 Å². The summed E-state index contributed by atoms with van der Waals surface area (Å²) < 4.78 is 5.52. The fourth-order valence-electron chi connectivity index (χ4n) is 1.80. The fraction of sp³-hybridized carbons (Fsp3) is 0.500. The van der Waals surface area contributed by atoms with Gasteiger partial charge in [0, 0.05) is 6.54 Å². The molecule has 0 heterocycles. The molecule has 0 radical (unpaired) electrons. The van der Waals surface area contributed by atoms with E-state index in [2.05, 4.69) is 37.4 Å². The van der Waals surface area contributed by atoms with E-state index in [-0.39, 0.29) is 0 Å². The molecule has 1 rings (SSSR count). The summed E-state index contributed by atoms with van der Waals surface area (Å²) in [4.78, 5) is 0. The molecule has 0 fully saturated rings. The van der Waals surface area contributed by atoms with Gasteiger partial charge in [0.1, 0.15) is 5.75 Å². The standard InChI is InChI=1S/C16H25NO/c1-4-10-17-13-14(5-2)11-15-8-7-9-16(12-15)18-6-3/h7-9,11-12,17H,4-6,10,13H2,1-3H3. The molecule has 0 amide bonds. The maximum atomic E-state index is 5.52. The number of rotatable bonds is 8. The molecule has 1 aromatic carbocycles. The Morgan fingerprint density at radius 2 is 2.11 bits per heavy atom. The van der Waals surface area contributed by atoms with Gasteiger partial charge in [-0.15, -0.1) is 0 Å². The Kier molecular flexibility index (Phi) is 7.19. The molecule has 0 aromatic heterocycles. The average molecular weight is 247 g/mol. The highest BCUT2D eigenvalue weighted by molar-refractivity contribution is 5.55. The molecule has 0 aliphatic carbocycles. The summed E-state index contributed by atoms with van der Waals surface area (Å²) in [6, 6.07) is 8.27. The molecule has 0 aliphatic rings. The van der Waals surface area contributed by atoms with Crippen LogP contribution in [0.2, 0.25) is 0 Å². The van der Waals surface area contributed by atoms with Crippen LogP contribution in [0.3, 0.4) is 0 Å². The first-order valence-corrected chi connectivity index (χ1v) is 6.93. The van der Waals surface area contributed by atoms with E-state index >= 15 is 0 Å². The minimum absolute atomic E-state index is 0.714.